The van der Waals surface area contributed by atoms with Gasteiger partial charge in [-0.05, 0) is 32.4 Å². The maximum Gasteiger partial charge on any atom is 0.120 e. The van der Waals surface area contributed by atoms with Crippen molar-refractivity contribution in [3.63, 3.8) is 0 Å². The van der Waals surface area contributed by atoms with Crippen LogP contribution in [0, 0.1) is 5.41 Å². The van der Waals surface area contributed by atoms with Crippen LogP contribution in [0.1, 0.15) is 45.9 Å². The van der Waals surface area contributed by atoms with E-state index in [4.69, 9.17) is 9.15 Å². The standard InChI is InChI=1S/C14H23NO2/c1-5-16-13-9-12(14(13,3)4)15-10(2)11-7-6-8-17-11/h6-8,10,12-13,15H,5,9H2,1-4H3/t10-,12?,13?/m1/s1. The second-order valence-corrected chi connectivity index (χ2v) is 5.46. The first kappa shape index (κ1) is 12.7. The average molecular weight is 237 g/mol. The second kappa shape index (κ2) is 4.83. The molecule has 3 nitrogen and oxygen atoms in total. The molecule has 0 radical (unpaired) electrons. The second-order valence-electron chi connectivity index (χ2n) is 5.46. The van der Waals surface area contributed by atoms with Crippen molar-refractivity contribution >= 4 is 0 Å². The van der Waals surface area contributed by atoms with Crippen LogP contribution in [0.5, 0.6) is 0 Å². The lowest BCUT2D eigenvalue weighted by Gasteiger charge is -2.52. The predicted octanol–water partition coefficient (Wildman–Crippen LogP) is 3.13. The Labute approximate surface area is 104 Å². The summed E-state index contributed by atoms with van der Waals surface area (Å²) >= 11 is 0. The fraction of sp³-hybridized carbons (Fsp3) is 0.714. The topological polar surface area (TPSA) is 34.4 Å². The highest BCUT2D eigenvalue weighted by Crippen LogP contribution is 2.43. The quantitative estimate of drug-likeness (QED) is 0.854. The molecular formula is C14H23NO2. The number of hydrogen-bond donors (Lipinski definition) is 1. The van der Waals surface area contributed by atoms with Crippen molar-refractivity contribution in [1.29, 1.82) is 0 Å². The van der Waals surface area contributed by atoms with Crippen molar-refractivity contribution in [3.05, 3.63) is 24.2 Å². The summed E-state index contributed by atoms with van der Waals surface area (Å²) in [5.41, 5.74) is 0.205. The lowest BCUT2D eigenvalue weighted by molar-refractivity contribution is -0.116. The van der Waals surface area contributed by atoms with Gasteiger partial charge in [0.25, 0.3) is 0 Å². The molecule has 0 amide bonds. The maximum atomic E-state index is 5.73. The summed E-state index contributed by atoms with van der Waals surface area (Å²) in [6.45, 7) is 9.53. The monoisotopic (exact) mass is 237 g/mol. The van der Waals surface area contributed by atoms with Crippen molar-refractivity contribution in [2.45, 2.75) is 52.3 Å². The number of ether oxygens (including phenoxy) is 1. The third-order valence-electron chi connectivity index (χ3n) is 3.97. The molecular weight excluding hydrogens is 214 g/mol. The lowest BCUT2D eigenvalue weighted by Crippen LogP contribution is -2.61. The first-order chi connectivity index (χ1) is 8.05. The van der Waals surface area contributed by atoms with E-state index < -0.39 is 0 Å². The molecule has 17 heavy (non-hydrogen) atoms. The van der Waals surface area contributed by atoms with Crippen LogP contribution in [0.15, 0.2) is 22.8 Å². The Balaban J connectivity index is 1.89. The van der Waals surface area contributed by atoms with Crippen molar-refractivity contribution in [2.75, 3.05) is 6.61 Å². The maximum absolute atomic E-state index is 5.73. The third-order valence-corrected chi connectivity index (χ3v) is 3.97. The van der Waals surface area contributed by atoms with Crippen LogP contribution in [0.2, 0.25) is 0 Å². The number of hydrogen-bond acceptors (Lipinski definition) is 3. The minimum atomic E-state index is 0.205. The number of rotatable bonds is 5. The van der Waals surface area contributed by atoms with Crippen LogP contribution in [0.25, 0.3) is 0 Å². The van der Waals surface area contributed by atoms with Gasteiger partial charge >= 0.3 is 0 Å². The molecule has 1 aromatic heterocycles. The first-order valence-corrected chi connectivity index (χ1v) is 6.46. The van der Waals surface area contributed by atoms with E-state index in [-0.39, 0.29) is 11.5 Å². The zero-order valence-corrected chi connectivity index (χ0v) is 11.2. The molecule has 0 spiro atoms. The van der Waals surface area contributed by atoms with Gasteiger partial charge in [-0.1, -0.05) is 13.8 Å². The van der Waals surface area contributed by atoms with Gasteiger partial charge in [0.2, 0.25) is 0 Å². The van der Waals surface area contributed by atoms with Gasteiger partial charge in [-0.2, -0.15) is 0 Å². The molecule has 1 aliphatic rings. The van der Waals surface area contributed by atoms with Gasteiger partial charge in [-0.3, -0.25) is 0 Å². The molecule has 0 saturated heterocycles. The highest BCUT2D eigenvalue weighted by Gasteiger charge is 2.49. The van der Waals surface area contributed by atoms with E-state index in [0.717, 1.165) is 18.8 Å². The molecule has 2 rings (SSSR count). The van der Waals surface area contributed by atoms with Crippen LogP contribution in [-0.4, -0.2) is 18.8 Å². The number of nitrogens with one attached hydrogen (secondary N) is 1. The van der Waals surface area contributed by atoms with Crippen LogP contribution in [0.3, 0.4) is 0 Å². The number of furan rings is 1. The Morgan fingerprint density at radius 2 is 2.35 bits per heavy atom. The van der Waals surface area contributed by atoms with Gasteiger partial charge in [-0.15, -0.1) is 0 Å². The van der Waals surface area contributed by atoms with Gasteiger partial charge in [-0.25, -0.2) is 0 Å². The highest BCUT2D eigenvalue weighted by molar-refractivity contribution is 5.08. The van der Waals surface area contributed by atoms with E-state index in [1.54, 1.807) is 6.26 Å². The van der Waals surface area contributed by atoms with E-state index in [1.807, 2.05) is 12.1 Å². The van der Waals surface area contributed by atoms with E-state index in [0.29, 0.717) is 12.1 Å². The summed E-state index contributed by atoms with van der Waals surface area (Å²) in [4.78, 5) is 0. The fourth-order valence-electron chi connectivity index (χ4n) is 2.57. The SMILES string of the molecule is CCOC1CC(N[C@H](C)c2ccco2)C1(C)C. The third kappa shape index (κ3) is 2.40. The molecule has 1 saturated carbocycles. The predicted molar refractivity (Wildman–Crippen MR) is 67.9 cm³/mol. The van der Waals surface area contributed by atoms with Gasteiger partial charge in [0.05, 0.1) is 18.4 Å². The molecule has 1 aromatic rings. The molecule has 3 heteroatoms. The molecule has 96 valence electrons. The lowest BCUT2D eigenvalue weighted by atomic mass is 9.64. The van der Waals surface area contributed by atoms with Crippen molar-refractivity contribution in [2.24, 2.45) is 5.41 Å². The molecule has 0 aromatic carbocycles. The molecule has 0 bridgehead atoms. The minimum Gasteiger partial charge on any atom is -0.468 e. The van der Waals surface area contributed by atoms with Gasteiger partial charge < -0.3 is 14.5 Å². The molecule has 1 fully saturated rings. The fourth-order valence-corrected chi connectivity index (χ4v) is 2.57. The minimum absolute atomic E-state index is 0.205. The summed E-state index contributed by atoms with van der Waals surface area (Å²) in [5, 5.41) is 3.62. The largest absolute Gasteiger partial charge is 0.468 e. The summed E-state index contributed by atoms with van der Waals surface area (Å²) in [6, 6.07) is 4.71. The Morgan fingerprint density at radius 3 is 2.88 bits per heavy atom. The molecule has 1 heterocycles. The van der Waals surface area contributed by atoms with Gasteiger partial charge in [0.15, 0.2) is 0 Å². The van der Waals surface area contributed by atoms with E-state index in [1.165, 1.54) is 0 Å². The zero-order chi connectivity index (χ0) is 12.5. The van der Waals surface area contributed by atoms with Crippen molar-refractivity contribution in [1.82, 2.24) is 5.32 Å². The Hall–Kier alpha value is -0.800. The summed E-state index contributed by atoms with van der Waals surface area (Å²) < 4.78 is 11.1. The van der Waals surface area contributed by atoms with E-state index >= 15 is 0 Å². The van der Waals surface area contributed by atoms with Crippen molar-refractivity contribution < 1.29 is 9.15 Å². The first-order valence-electron chi connectivity index (χ1n) is 6.46. The highest BCUT2D eigenvalue weighted by atomic mass is 16.5. The summed E-state index contributed by atoms with van der Waals surface area (Å²) in [7, 11) is 0. The van der Waals surface area contributed by atoms with Gasteiger partial charge in [0, 0.05) is 18.1 Å². The summed E-state index contributed by atoms with van der Waals surface area (Å²) in [6.07, 6.45) is 3.20. The normalized spacial score (nSPS) is 28.7. The Bertz CT molecular complexity index is 345. The molecule has 1 aliphatic carbocycles. The Kier molecular flexibility index (Phi) is 3.59. The molecule has 1 N–H and O–H groups in total. The zero-order valence-electron chi connectivity index (χ0n) is 11.2. The van der Waals surface area contributed by atoms with Crippen LogP contribution in [-0.2, 0) is 4.74 Å². The van der Waals surface area contributed by atoms with Crippen LogP contribution < -0.4 is 5.32 Å². The van der Waals surface area contributed by atoms with Gasteiger partial charge in [0.1, 0.15) is 5.76 Å². The molecule has 0 aliphatic heterocycles. The molecule has 2 unspecified atom stereocenters. The van der Waals surface area contributed by atoms with Crippen LogP contribution >= 0.6 is 0 Å². The van der Waals surface area contributed by atoms with E-state index in [2.05, 4.69) is 33.0 Å². The average Bonchev–Trinajstić information content (AvgIpc) is 2.81. The Morgan fingerprint density at radius 1 is 1.59 bits per heavy atom. The molecule has 3 atom stereocenters. The summed E-state index contributed by atoms with van der Waals surface area (Å²) in [5.74, 6) is 1.00. The van der Waals surface area contributed by atoms with E-state index in [9.17, 15) is 0 Å². The smallest absolute Gasteiger partial charge is 0.120 e. The van der Waals surface area contributed by atoms with Crippen molar-refractivity contribution in [3.8, 4) is 0 Å². The van der Waals surface area contributed by atoms with Crippen LogP contribution in [0.4, 0.5) is 0 Å².